The average molecular weight is 284 g/mol. The summed E-state index contributed by atoms with van der Waals surface area (Å²) in [4.78, 5) is 14.8. The van der Waals surface area contributed by atoms with Gasteiger partial charge in [-0.3, -0.25) is 9.69 Å². The van der Waals surface area contributed by atoms with Gasteiger partial charge < -0.3 is 5.32 Å². The molecule has 1 fully saturated rings. The van der Waals surface area contributed by atoms with Crippen molar-refractivity contribution in [2.45, 2.75) is 52.1 Å². The highest BCUT2D eigenvalue weighted by Gasteiger charge is 2.34. The van der Waals surface area contributed by atoms with E-state index >= 15 is 0 Å². The fourth-order valence-corrected chi connectivity index (χ4v) is 3.79. The topological polar surface area (TPSA) is 32.3 Å². The Labute approximate surface area is 127 Å². The van der Waals surface area contributed by atoms with Gasteiger partial charge in [-0.2, -0.15) is 0 Å². The Hall–Kier alpha value is -1.61. The second-order valence-corrected chi connectivity index (χ2v) is 6.46. The van der Waals surface area contributed by atoms with Crippen LogP contribution in [0.15, 0.2) is 24.3 Å². The summed E-state index contributed by atoms with van der Waals surface area (Å²) in [6.45, 7) is 6.71. The molecule has 112 valence electrons. The molecule has 3 nitrogen and oxygen atoms in total. The lowest BCUT2D eigenvalue weighted by Crippen LogP contribution is -2.42. The van der Waals surface area contributed by atoms with Crippen molar-refractivity contribution in [2.24, 2.45) is 0 Å². The maximum Gasteiger partial charge on any atom is 0.238 e. The molecule has 2 aliphatic heterocycles. The van der Waals surface area contributed by atoms with Crippen LogP contribution in [0.5, 0.6) is 0 Å². The molecular formula is C18H24N2O. The molecule has 2 unspecified atom stereocenters. The number of amides is 1. The molecule has 1 saturated heterocycles. The van der Waals surface area contributed by atoms with Gasteiger partial charge in [0.2, 0.25) is 5.91 Å². The number of benzene rings is 1. The van der Waals surface area contributed by atoms with Gasteiger partial charge in [0.25, 0.3) is 0 Å². The standard InChI is InChI=1S/C18H24N2O/c1-12-9-13(2)18(14(3)10-12)19-17(21)11-20-15-5-4-6-16(20)8-7-15/h4-5,9-10,15-16H,6-8,11H2,1-3H3,(H,19,21). The van der Waals surface area contributed by atoms with E-state index in [1.807, 2.05) is 0 Å². The molecule has 21 heavy (non-hydrogen) atoms. The minimum Gasteiger partial charge on any atom is -0.324 e. The molecule has 2 bridgehead atoms. The third-order valence-electron chi connectivity index (χ3n) is 4.72. The summed E-state index contributed by atoms with van der Waals surface area (Å²) >= 11 is 0. The van der Waals surface area contributed by atoms with Crippen LogP contribution < -0.4 is 5.32 Å². The zero-order valence-corrected chi connectivity index (χ0v) is 13.1. The highest BCUT2D eigenvalue weighted by Crippen LogP contribution is 2.31. The van der Waals surface area contributed by atoms with E-state index in [2.05, 4.69) is 55.3 Å². The van der Waals surface area contributed by atoms with Crippen LogP contribution in [-0.4, -0.2) is 29.4 Å². The molecule has 1 aromatic carbocycles. The van der Waals surface area contributed by atoms with Gasteiger partial charge in [-0.1, -0.05) is 29.8 Å². The van der Waals surface area contributed by atoms with Crippen LogP contribution in [0, 0.1) is 20.8 Å². The van der Waals surface area contributed by atoms with E-state index in [1.54, 1.807) is 0 Å². The van der Waals surface area contributed by atoms with Gasteiger partial charge >= 0.3 is 0 Å². The fraction of sp³-hybridized carbons (Fsp3) is 0.500. The van der Waals surface area contributed by atoms with Gasteiger partial charge in [0.05, 0.1) is 6.54 Å². The van der Waals surface area contributed by atoms with E-state index < -0.39 is 0 Å². The molecule has 0 radical (unpaired) electrons. The lowest BCUT2D eigenvalue weighted by molar-refractivity contribution is -0.117. The quantitative estimate of drug-likeness (QED) is 0.863. The monoisotopic (exact) mass is 284 g/mol. The third-order valence-corrected chi connectivity index (χ3v) is 4.72. The summed E-state index contributed by atoms with van der Waals surface area (Å²) in [5, 5.41) is 3.12. The van der Waals surface area contributed by atoms with Gasteiger partial charge in [-0.25, -0.2) is 0 Å². The number of fused-ring (bicyclic) bond motifs is 2. The van der Waals surface area contributed by atoms with Crippen molar-refractivity contribution < 1.29 is 4.79 Å². The zero-order chi connectivity index (χ0) is 15.0. The Bertz CT molecular complexity index is 568. The first-order valence-electron chi connectivity index (χ1n) is 7.84. The Kier molecular flexibility index (Phi) is 3.85. The molecule has 2 atom stereocenters. The second kappa shape index (κ2) is 5.64. The molecule has 0 saturated carbocycles. The van der Waals surface area contributed by atoms with Crippen LogP contribution in [-0.2, 0) is 4.79 Å². The minimum atomic E-state index is 0.109. The third kappa shape index (κ3) is 2.88. The van der Waals surface area contributed by atoms with Crippen molar-refractivity contribution in [3.63, 3.8) is 0 Å². The molecule has 3 heteroatoms. The van der Waals surface area contributed by atoms with Crippen molar-refractivity contribution in [3.8, 4) is 0 Å². The first kappa shape index (κ1) is 14.3. The van der Waals surface area contributed by atoms with Crippen molar-refractivity contribution in [1.29, 1.82) is 0 Å². The summed E-state index contributed by atoms with van der Waals surface area (Å²) in [6.07, 6.45) is 8.03. The predicted octanol–water partition coefficient (Wildman–Crippen LogP) is 3.34. The first-order chi connectivity index (χ1) is 10.0. The van der Waals surface area contributed by atoms with Gasteiger partial charge in [0.1, 0.15) is 0 Å². The lowest BCUT2D eigenvalue weighted by Gasteiger charge is -2.30. The smallest absolute Gasteiger partial charge is 0.238 e. The number of hydrogen-bond donors (Lipinski definition) is 1. The van der Waals surface area contributed by atoms with Gasteiger partial charge in [-0.15, -0.1) is 0 Å². The average Bonchev–Trinajstić information content (AvgIpc) is 2.64. The highest BCUT2D eigenvalue weighted by atomic mass is 16.2. The first-order valence-corrected chi connectivity index (χ1v) is 7.84. The molecule has 1 aromatic rings. The second-order valence-electron chi connectivity index (χ2n) is 6.46. The molecule has 0 spiro atoms. The Morgan fingerprint density at radius 3 is 2.62 bits per heavy atom. The molecule has 0 aromatic heterocycles. The summed E-state index contributed by atoms with van der Waals surface area (Å²) in [7, 11) is 0. The summed E-state index contributed by atoms with van der Waals surface area (Å²) in [5.74, 6) is 0.109. The molecule has 1 amide bonds. The minimum absolute atomic E-state index is 0.109. The fourth-order valence-electron chi connectivity index (χ4n) is 3.79. The van der Waals surface area contributed by atoms with Crippen LogP contribution >= 0.6 is 0 Å². The van der Waals surface area contributed by atoms with Gasteiger partial charge in [-0.05, 0) is 51.2 Å². The molecule has 3 rings (SSSR count). The van der Waals surface area contributed by atoms with Gasteiger partial charge in [0.15, 0.2) is 0 Å². The normalized spacial score (nSPS) is 24.3. The largest absolute Gasteiger partial charge is 0.324 e. The van der Waals surface area contributed by atoms with Crippen LogP contribution in [0.3, 0.4) is 0 Å². The number of anilines is 1. The van der Waals surface area contributed by atoms with Crippen molar-refractivity contribution >= 4 is 11.6 Å². The maximum absolute atomic E-state index is 12.4. The maximum atomic E-state index is 12.4. The van der Waals surface area contributed by atoms with E-state index in [9.17, 15) is 4.79 Å². The molecule has 0 aliphatic carbocycles. The number of nitrogens with zero attached hydrogens (tertiary/aromatic N) is 1. The Morgan fingerprint density at radius 1 is 1.24 bits per heavy atom. The van der Waals surface area contributed by atoms with E-state index in [0.29, 0.717) is 18.6 Å². The van der Waals surface area contributed by atoms with Crippen LogP contribution in [0.1, 0.15) is 36.0 Å². The number of aryl methyl sites for hydroxylation is 3. The highest BCUT2D eigenvalue weighted by molar-refractivity contribution is 5.94. The van der Waals surface area contributed by atoms with Crippen molar-refractivity contribution in [3.05, 3.63) is 41.0 Å². The number of nitrogens with one attached hydrogen (secondary N) is 1. The number of carbonyl (C=O) groups excluding carboxylic acids is 1. The summed E-state index contributed by atoms with van der Waals surface area (Å²) < 4.78 is 0. The number of rotatable bonds is 3. The van der Waals surface area contributed by atoms with E-state index in [-0.39, 0.29) is 5.91 Å². The summed E-state index contributed by atoms with van der Waals surface area (Å²) in [5.41, 5.74) is 4.50. The number of carbonyl (C=O) groups is 1. The van der Waals surface area contributed by atoms with E-state index in [4.69, 9.17) is 0 Å². The molecular weight excluding hydrogens is 260 g/mol. The molecule has 1 N–H and O–H groups in total. The van der Waals surface area contributed by atoms with E-state index in [0.717, 1.165) is 23.2 Å². The Morgan fingerprint density at radius 2 is 1.95 bits per heavy atom. The molecule has 2 aliphatic rings. The lowest BCUT2D eigenvalue weighted by atomic mass is 10.0. The van der Waals surface area contributed by atoms with Gasteiger partial charge in [0, 0.05) is 17.8 Å². The molecule has 2 heterocycles. The SMILES string of the molecule is Cc1cc(C)c(NC(=O)CN2C3C=CCC2CC3)c(C)c1. The number of hydrogen-bond acceptors (Lipinski definition) is 2. The van der Waals surface area contributed by atoms with Crippen LogP contribution in [0.4, 0.5) is 5.69 Å². The zero-order valence-electron chi connectivity index (χ0n) is 13.1. The predicted molar refractivity (Wildman–Crippen MR) is 86.6 cm³/mol. The van der Waals surface area contributed by atoms with Crippen LogP contribution in [0.25, 0.3) is 0 Å². The Balaban J connectivity index is 1.69. The van der Waals surface area contributed by atoms with E-state index in [1.165, 1.54) is 18.4 Å². The van der Waals surface area contributed by atoms with Crippen LogP contribution in [0.2, 0.25) is 0 Å². The van der Waals surface area contributed by atoms with Crippen molar-refractivity contribution in [2.75, 3.05) is 11.9 Å². The van der Waals surface area contributed by atoms with Crippen molar-refractivity contribution in [1.82, 2.24) is 4.90 Å². The summed E-state index contributed by atoms with van der Waals surface area (Å²) in [6, 6.07) is 5.27.